The monoisotopic (exact) mass is 570 g/mol. The molecule has 5 heteroatoms. The highest BCUT2D eigenvalue weighted by molar-refractivity contribution is 9.11. The van der Waals surface area contributed by atoms with Gasteiger partial charge in [-0.05, 0) is 45.3 Å². The molecule has 3 aliphatic rings. The minimum atomic E-state index is -0.967. The second-order valence-electron chi connectivity index (χ2n) is 9.63. The Kier molecular flexibility index (Phi) is 6.43. The minimum absolute atomic E-state index is 0.134. The van der Waals surface area contributed by atoms with E-state index in [0.717, 1.165) is 75.7 Å². The molecule has 3 heterocycles. The lowest BCUT2D eigenvalue weighted by atomic mass is 9.56. The molecule has 6 rings (SSSR count). The number of nitrogens with zero attached hydrogens (tertiary/aromatic N) is 1. The fourth-order valence-corrected chi connectivity index (χ4v) is 7.18. The average molecular weight is 572 g/mol. The van der Waals surface area contributed by atoms with Crippen LogP contribution in [0.15, 0.2) is 87.8 Å². The maximum atomic E-state index is 12.5. The van der Waals surface area contributed by atoms with Gasteiger partial charge in [0, 0.05) is 29.2 Å². The van der Waals surface area contributed by atoms with Gasteiger partial charge in [-0.15, -0.1) is 0 Å². The zero-order chi connectivity index (χ0) is 22.9. The van der Waals surface area contributed by atoms with E-state index in [1.165, 1.54) is 0 Å². The molecule has 0 spiro atoms. The van der Waals surface area contributed by atoms with Crippen LogP contribution in [0.2, 0.25) is 0 Å². The largest absolute Gasteiger partial charge is 0.487 e. The third kappa shape index (κ3) is 4.18. The first-order chi connectivity index (χ1) is 16.0. The van der Waals surface area contributed by atoms with Gasteiger partial charge in [0.1, 0.15) is 24.5 Å². The molecule has 0 atom stereocenters. The van der Waals surface area contributed by atoms with Crippen molar-refractivity contribution in [3.05, 3.63) is 98.9 Å². The van der Waals surface area contributed by atoms with Crippen LogP contribution in [0.5, 0.6) is 5.75 Å². The standard InChI is InChI=1S/C28H30Br2NO2/c29-24-11-12-26(25(30)21-24)33-20-19-31-16-13-27(14-17-31,15-18-31)28(32,22-7-3-1-4-8-22)23-9-5-2-6-10-23/h1-12,21,32H,13-20H2/q+1. The lowest BCUT2D eigenvalue weighted by Gasteiger charge is -2.60. The van der Waals surface area contributed by atoms with E-state index >= 15 is 0 Å². The Labute approximate surface area is 213 Å². The van der Waals surface area contributed by atoms with Crippen LogP contribution in [-0.4, -0.2) is 42.4 Å². The van der Waals surface area contributed by atoms with Crippen molar-refractivity contribution in [2.24, 2.45) is 5.41 Å². The van der Waals surface area contributed by atoms with E-state index < -0.39 is 5.60 Å². The summed E-state index contributed by atoms with van der Waals surface area (Å²) in [6.45, 7) is 4.98. The first-order valence-corrected chi connectivity index (χ1v) is 13.3. The third-order valence-corrected chi connectivity index (χ3v) is 9.17. The van der Waals surface area contributed by atoms with Crippen LogP contribution < -0.4 is 4.74 Å². The van der Waals surface area contributed by atoms with E-state index in [2.05, 4.69) is 56.1 Å². The van der Waals surface area contributed by atoms with Crippen molar-refractivity contribution in [2.75, 3.05) is 32.8 Å². The Morgan fingerprint density at radius 1 is 0.818 bits per heavy atom. The number of hydrogen-bond donors (Lipinski definition) is 1. The lowest BCUT2D eigenvalue weighted by molar-refractivity contribution is -0.946. The number of quaternary nitrogens is 1. The van der Waals surface area contributed by atoms with Crippen molar-refractivity contribution < 1.29 is 14.3 Å². The first-order valence-electron chi connectivity index (χ1n) is 11.7. The molecule has 0 aromatic heterocycles. The van der Waals surface area contributed by atoms with E-state index in [9.17, 15) is 5.11 Å². The third-order valence-electron chi connectivity index (χ3n) is 8.06. The number of fused-ring (bicyclic) bond motifs is 3. The Hall–Kier alpha value is -1.66. The molecule has 2 bridgehead atoms. The van der Waals surface area contributed by atoms with Crippen LogP contribution in [0.25, 0.3) is 0 Å². The minimum Gasteiger partial charge on any atom is -0.487 e. The van der Waals surface area contributed by atoms with Gasteiger partial charge in [-0.25, -0.2) is 0 Å². The summed E-state index contributed by atoms with van der Waals surface area (Å²) in [5, 5.41) is 12.5. The molecule has 3 nitrogen and oxygen atoms in total. The molecule has 0 amide bonds. The molecule has 0 aliphatic carbocycles. The van der Waals surface area contributed by atoms with Gasteiger partial charge in [0.15, 0.2) is 0 Å². The summed E-state index contributed by atoms with van der Waals surface area (Å²) in [7, 11) is 0. The summed E-state index contributed by atoms with van der Waals surface area (Å²) < 4.78 is 9.24. The highest BCUT2D eigenvalue weighted by atomic mass is 79.9. The summed E-state index contributed by atoms with van der Waals surface area (Å²) in [6.07, 6.45) is 3.07. The molecular weight excluding hydrogens is 542 g/mol. The first kappa shape index (κ1) is 23.1. The van der Waals surface area contributed by atoms with E-state index in [4.69, 9.17) is 4.74 Å². The fourth-order valence-electron chi connectivity index (χ4n) is 6.02. The summed E-state index contributed by atoms with van der Waals surface area (Å²) in [5.41, 5.74) is 0.930. The van der Waals surface area contributed by atoms with Gasteiger partial charge >= 0.3 is 0 Å². The topological polar surface area (TPSA) is 29.5 Å². The van der Waals surface area contributed by atoms with E-state index in [1.807, 2.05) is 54.6 Å². The average Bonchev–Trinajstić information content (AvgIpc) is 2.87. The molecule has 3 aliphatic heterocycles. The second kappa shape index (κ2) is 9.18. The maximum Gasteiger partial charge on any atom is 0.137 e. The quantitative estimate of drug-likeness (QED) is 0.327. The molecule has 3 aromatic rings. The van der Waals surface area contributed by atoms with E-state index in [0.29, 0.717) is 6.61 Å². The number of rotatable bonds is 7. The van der Waals surface area contributed by atoms with Crippen LogP contribution in [0.1, 0.15) is 30.4 Å². The molecule has 0 unspecified atom stereocenters. The Bertz CT molecular complexity index is 1040. The van der Waals surface area contributed by atoms with Gasteiger partial charge < -0.3 is 14.3 Å². The SMILES string of the molecule is OC(c1ccccc1)(c1ccccc1)C12CC[N+](CCOc3ccc(Br)cc3Br)(CC1)CC2. The van der Waals surface area contributed by atoms with Crippen LogP contribution >= 0.6 is 31.9 Å². The van der Waals surface area contributed by atoms with Gasteiger partial charge in [0.25, 0.3) is 0 Å². The van der Waals surface area contributed by atoms with Crippen molar-refractivity contribution in [1.82, 2.24) is 0 Å². The van der Waals surface area contributed by atoms with Crippen molar-refractivity contribution in [3.63, 3.8) is 0 Å². The molecule has 0 radical (unpaired) electrons. The predicted octanol–water partition coefficient (Wildman–Crippen LogP) is 6.53. The zero-order valence-electron chi connectivity index (χ0n) is 18.7. The van der Waals surface area contributed by atoms with Gasteiger partial charge in [0.2, 0.25) is 0 Å². The van der Waals surface area contributed by atoms with Crippen molar-refractivity contribution in [3.8, 4) is 5.75 Å². The summed E-state index contributed by atoms with van der Waals surface area (Å²) in [4.78, 5) is 0. The van der Waals surface area contributed by atoms with Crippen molar-refractivity contribution in [1.29, 1.82) is 0 Å². The van der Waals surface area contributed by atoms with Gasteiger partial charge in [-0.3, -0.25) is 0 Å². The van der Waals surface area contributed by atoms with E-state index in [1.54, 1.807) is 0 Å². The predicted molar refractivity (Wildman–Crippen MR) is 139 cm³/mol. The normalized spacial score (nSPS) is 24.6. The van der Waals surface area contributed by atoms with E-state index in [-0.39, 0.29) is 5.41 Å². The van der Waals surface area contributed by atoms with Crippen molar-refractivity contribution >= 4 is 31.9 Å². The number of halogens is 2. The van der Waals surface area contributed by atoms with Crippen LogP contribution in [0.3, 0.4) is 0 Å². The summed E-state index contributed by atoms with van der Waals surface area (Å²) in [6, 6.07) is 26.6. The van der Waals surface area contributed by atoms with Gasteiger partial charge in [-0.2, -0.15) is 0 Å². The number of aliphatic hydroxyl groups is 1. The smallest absolute Gasteiger partial charge is 0.137 e. The molecule has 33 heavy (non-hydrogen) atoms. The molecule has 172 valence electrons. The Morgan fingerprint density at radius 2 is 1.36 bits per heavy atom. The molecule has 1 N–H and O–H groups in total. The molecule has 3 saturated heterocycles. The van der Waals surface area contributed by atoms with Gasteiger partial charge in [0.05, 0.1) is 24.1 Å². The van der Waals surface area contributed by atoms with Crippen molar-refractivity contribution in [2.45, 2.75) is 24.9 Å². The maximum absolute atomic E-state index is 12.5. The lowest BCUT2D eigenvalue weighted by Crippen LogP contribution is -2.67. The molecule has 0 saturated carbocycles. The number of piperidine rings is 3. The Morgan fingerprint density at radius 3 is 1.88 bits per heavy atom. The summed E-state index contributed by atoms with van der Waals surface area (Å²) in [5.74, 6) is 0.891. The van der Waals surface area contributed by atoms with Gasteiger partial charge in [-0.1, -0.05) is 76.6 Å². The van der Waals surface area contributed by atoms with Crippen LogP contribution in [0, 0.1) is 5.41 Å². The zero-order valence-corrected chi connectivity index (χ0v) is 21.9. The Balaban J connectivity index is 1.34. The summed E-state index contributed by atoms with van der Waals surface area (Å²) >= 11 is 7.09. The number of benzene rings is 3. The molecule has 3 aromatic carbocycles. The number of ether oxygens (including phenoxy) is 1. The highest BCUT2D eigenvalue weighted by Gasteiger charge is 2.60. The molecule has 3 fully saturated rings. The van der Waals surface area contributed by atoms with Crippen LogP contribution in [0.4, 0.5) is 0 Å². The highest BCUT2D eigenvalue weighted by Crippen LogP contribution is 2.57. The van der Waals surface area contributed by atoms with Crippen LogP contribution in [-0.2, 0) is 5.60 Å². The fraction of sp³-hybridized carbons (Fsp3) is 0.357. The molecular formula is C28H30Br2NO2+. The number of hydrogen-bond acceptors (Lipinski definition) is 2. The second-order valence-corrected chi connectivity index (χ2v) is 11.4.